The molecule has 0 radical (unpaired) electrons. The average molecular weight is 243 g/mol. The third-order valence-electron chi connectivity index (χ3n) is 5.21. The maximum Gasteiger partial charge on any atom is 0.0151 e. The Morgan fingerprint density at radius 1 is 1.00 bits per heavy atom. The Balaban J connectivity index is 1.62. The topological polar surface area (TPSA) is 12.0 Å². The molecule has 0 spiro atoms. The maximum atomic E-state index is 3.94. The number of fused-ring (bicyclic) bond motifs is 1. The minimum Gasteiger partial charge on any atom is -0.310 e. The number of nitrogens with one attached hydrogen (secondary N) is 1. The van der Waals surface area contributed by atoms with Gasteiger partial charge >= 0.3 is 0 Å². The van der Waals surface area contributed by atoms with Crippen molar-refractivity contribution in [3.05, 3.63) is 35.4 Å². The lowest BCUT2D eigenvalue weighted by Gasteiger charge is -2.36. The minimum absolute atomic E-state index is 0.681. The van der Waals surface area contributed by atoms with Crippen molar-refractivity contribution in [2.24, 2.45) is 11.8 Å². The van der Waals surface area contributed by atoms with E-state index < -0.39 is 0 Å². The molecule has 1 N–H and O–H groups in total. The van der Waals surface area contributed by atoms with Gasteiger partial charge in [-0.25, -0.2) is 0 Å². The molecule has 2 aliphatic carbocycles. The van der Waals surface area contributed by atoms with Crippen LogP contribution in [0.5, 0.6) is 0 Å². The van der Waals surface area contributed by atoms with Gasteiger partial charge in [-0.2, -0.15) is 0 Å². The van der Waals surface area contributed by atoms with Crippen LogP contribution in [0.3, 0.4) is 0 Å². The number of rotatable bonds is 2. The van der Waals surface area contributed by atoms with E-state index in [1.165, 1.54) is 32.1 Å². The summed E-state index contributed by atoms with van der Waals surface area (Å²) in [6.07, 6.45) is 6.66. The molecule has 1 saturated carbocycles. The number of benzene rings is 1. The molecule has 3 unspecified atom stereocenters. The third kappa shape index (κ3) is 2.33. The summed E-state index contributed by atoms with van der Waals surface area (Å²) in [5.74, 6) is 1.72. The molecule has 1 aromatic carbocycles. The quantitative estimate of drug-likeness (QED) is 0.837. The molecule has 1 nitrogen and oxygen atoms in total. The number of hydrogen-bond acceptors (Lipinski definition) is 1. The van der Waals surface area contributed by atoms with Gasteiger partial charge in [0.05, 0.1) is 0 Å². The first-order valence-corrected chi connectivity index (χ1v) is 7.57. The molecular formula is C17H25N. The highest BCUT2D eigenvalue weighted by Gasteiger charge is 2.30. The molecule has 2 aliphatic rings. The molecule has 98 valence electrons. The van der Waals surface area contributed by atoms with E-state index in [1.807, 2.05) is 0 Å². The Hall–Kier alpha value is -0.820. The molecule has 0 aromatic heterocycles. The Kier molecular flexibility index (Phi) is 3.43. The van der Waals surface area contributed by atoms with Gasteiger partial charge in [0.25, 0.3) is 0 Å². The second-order valence-electron chi connectivity index (χ2n) is 6.41. The van der Waals surface area contributed by atoms with E-state index in [2.05, 4.69) is 43.4 Å². The van der Waals surface area contributed by atoms with Gasteiger partial charge in [-0.05, 0) is 42.2 Å². The van der Waals surface area contributed by atoms with Gasteiger partial charge in [0.15, 0.2) is 0 Å². The zero-order valence-electron chi connectivity index (χ0n) is 11.7. The van der Waals surface area contributed by atoms with Crippen molar-refractivity contribution in [1.82, 2.24) is 5.32 Å². The molecule has 3 rings (SSSR count). The average Bonchev–Trinajstić information content (AvgIpc) is 2.77. The Morgan fingerprint density at radius 2 is 1.67 bits per heavy atom. The van der Waals surface area contributed by atoms with Crippen molar-refractivity contribution in [2.45, 2.75) is 58.0 Å². The summed E-state index contributed by atoms with van der Waals surface area (Å²) in [4.78, 5) is 0. The van der Waals surface area contributed by atoms with E-state index >= 15 is 0 Å². The van der Waals surface area contributed by atoms with E-state index in [4.69, 9.17) is 0 Å². The van der Waals surface area contributed by atoms with Gasteiger partial charge in [0.2, 0.25) is 0 Å². The molecule has 1 heteroatoms. The molecule has 0 saturated heterocycles. The van der Waals surface area contributed by atoms with Crippen LogP contribution in [0.2, 0.25) is 0 Å². The lowest BCUT2D eigenvalue weighted by molar-refractivity contribution is 0.194. The summed E-state index contributed by atoms with van der Waals surface area (Å²) >= 11 is 0. The molecule has 0 aliphatic heterocycles. The summed E-state index contributed by atoms with van der Waals surface area (Å²) in [6, 6.07) is 10.4. The monoisotopic (exact) mass is 243 g/mol. The van der Waals surface area contributed by atoms with Crippen molar-refractivity contribution in [3.8, 4) is 0 Å². The van der Waals surface area contributed by atoms with Crippen molar-refractivity contribution >= 4 is 0 Å². The zero-order valence-corrected chi connectivity index (χ0v) is 11.7. The largest absolute Gasteiger partial charge is 0.310 e. The molecule has 0 bridgehead atoms. The van der Waals surface area contributed by atoms with Gasteiger partial charge in [0, 0.05) is 12.1 Å². The fraction of sp³-hybridized carbons (Fsp3) is 0.647. The van der Waals surface area contributed by atoms with E-state index in [0.29, 0.717) is 6.04 Å². The van der Waals surface area contributed by atoms with Crippen LogP contribution >= 0.6 is 0 Å². The highest BCUT2D eigenvalue weighted by molar-refractivity contribution is 5.33. The zero-order chi connectivity index (χ0) is 12.5. The first-order chi connectivity index (χ1) is 8.74. The van der Waals surface area contributed by atoms with Crippen LogP contribution in [0.15, 0.2) is 24.3 Å². The normalized spacial score (nSPS) is 32.4. The third-order valence-corrected chi connectivity index (χ3v) is 5.21. The van der Waals surface area contributed by atoms with Gasteiger partial charge < -0.3 is 5.32 Å². The summed E-state index contributed by atoms with van der Waals surface area (Å²) in [6.45, 7) is 4.85. The van der Waals surface area contributed by atoms with E-state index in [9.17, 15) is 0 Å². The molecule has 0 heterocycles. The van der Waals surface area contributed by atoms with Crippen LogP contribution in [0.4, 0.5) is 0 Å². The van der Waals surface area contributed by atoms with Crippen molar-refractivity contribution in [3.63, 3.8) is 0 Å². The second kappa shape index (κ2) is 5.05. The molecule has 1 fully saturated rings. The predicted molar refractivity (Wildman–Crippen MR) is 76.7 cm³/mol. The molecule has 18 heavy (non-hydrogen) atoms. The first kappa shape index (κ1) is 12.2. The van der Waals surface area contributed by atoms with Gasteiger partial charge in [0.1, 0.15) is 0 Å². The molecule has 1 aromatic rings. The smallest absolute Gasteiger partial charge is 0.0151 e. The fourth-order valence-electron chi connectivity index (χ4n) is 3.80. The molecule has 0 amide bonds. The fourth-order valence-corrected chi connectivity index (χ4v) is 3.80. The Morgan fingerprint density at radius 3 is 2.33 bits per heavy atom. The van der Waals surface area contributed by atoms with Gasteiger partial charge in [-0.1, -0.05) is 51.0 Å². The Bertz CT molecular complexity index is 387. The highest BCUT2D eigenvalue weighted by Crippen LogP contribution is 2.31. The first-order valence-electron chi connectivity index (χ1n) is 7.57. The summed E-state index contributed by atoms with van der Waals surface area (Å²) in [5, 5.41) is 3.94. The lowest BCUT2D eigenvalue weighted by Crippen LogP contribution is -2.46. The lowest BCUT2D eigenvalue weighted by atomic mass is 9.78. The van der Waals surface area contributed by atoms with E-state index in [-0.39, 0.29) is 0 Å². The maximum absolute atomic E-state index is 3.94. The van der Waals surface area contributed by atoms with Crippen LogP contribution in [-0.2, 0) is 12.8 Å². The van der Waals surface area contributed by atoms with Gasteiger partial charge in [-0.15, -0.1) is 0 Å². The predicted octanol–water partition coefficient (Wildman–Crippen LogP) is 3.57. The number of hydrogen-bond donors (Lipinski definition) is 1. The van der Waals surface area contributed by atoms with Gasteiger partial charge in [-0.3, -0.25) is 0 Å². The molecule has 3 atom stereocenters. The standard InChI is InChI=1S/C17H25N/c1-12-6-5-9-17(13(12)2)18-16-10-14-7-3-4-8-15(14)11-16/h3-4,7-8,12-13,16-18H,5-6,9-11H2,1-2H3. The van der Waals surface area contributed by atoms with E-state index in [0.717, 1.165) is 17.9 Å². The van der Waals surface area contributed by atoms with Crippen LogP contribution in [0.25, 0.3) is 0 Å². The van der Waals surface area contributed by atoms with Crippen LogP contribution in [0.1, 0.15) is 44.2 Å². The SMILES string of the molecule is CC1CCCC(NC2Cc3ccccc3C2)C1C. The van der Waals surface area contributed by atoms with E-state index in [1.54, 1.807) is 11.1 Å². The summed E-state index contributed by atoms with van der Waals surface area (Å²) in [7, 11) is 0. The molecular weight excluding hydrogens is 218 g/mol. The van der Waals surface area contributed by atoms with Crippen molar-refractivity contribution < 1.29 is 0 Å². The van der Waals surface area contributed by atoms with Crippen LogP contribution < -0.4 is 5.32 Å². The van der Waals surface area contributed by atoms with Crippen LogP contribution in [-0.4, -0.2) is 12.1 Å². The Labute approximate surface area is 111 Å². The van der Waals surface area contributed by atoms with Crippen molar-refractivity contribution in [2.75, 3.05) is 0 Å². The van der Waals surface area contributed by atoms with Crippen molar-refractivity contribution in [1.29, 1.82) is 0 Å². The van der Waals surface area contributed by atoms with Crippen LogP contribution in [0, 0.1) is 11.8 Å². The highest BCUT2D eigenvalue weighted by atomic mass is 15.0. The summed E-state index contributed by atoms with van der Waals surface area (Å²) < 4.78 is 0. The second-order valence-corrected chi connectivity index (χ2v) is 6.41. The minimum atomic E-state index is 0.681. The summed E-state index contributed by atoms with van der Waals surface area (Å²) in [5.41, 5.74) is 3.12.